The molecule has 2 N–H and O–H groups in total. The number of aromatic amines is 1. The van der Waals surface area contributed by atoms with Crippen LogP contribution in [0, 0.1) is 0 Å². The Morgan fingerprint density at radius 3 is 2.62 bits per heavy atom. The van der Waals surface area contributed by atoms with Gasteiger partial charge in [-0.2, -0.15) is 5.10 Å². The fraction of sp³-hybridized carbons (Fsp3) is 0.286. The number of rotatable bonds is 11. The van der Waals surface area contributed by atoms with E-state index in [0.29, 0.717) is 16.7 Å². The van der Waals surface area contributed by atoms with Crippen molar-refractivity contribution >= 4 is 51.7 Å². The van der Waals surface area contributed by atoms with Gasteiger partial charge in [0.1, 0.15) is 35.5 Å². The number of fused-ring (bicyclic) bond motifs is 1. The van der Waals surface area contributed by atoms with Crippen molar-refractivity contribution in [1.29, 1.82) is 0 Å². The summed E-state index contributed by atoms with van der Waals surface area (Å²) in [6.45, 7) is 1.15. The maximum absolute atomic E-state index is 13.3. The first-order chi connectivity index (χ1) is 18.8. The molecule has 0 bridgehead atoms. The maximum Gasteiger partial charge on any atom is 0.245 e. The molecule has 1 saturated carbocycles. The van der Waals surface area contributed by atoms with Gasteiger partial charge in [-0.1, -0.05) is 23.7 Å². The zero-order valence-corrected chi connectivity index (χ0v) is 22.1. The second-order valence-electron chi connectivity index (χ2n) is 9.65. The molecule has 4 aromatic rings. The van der Waals surface area contributed by atoms with Crippen LogP contribution >= 0.6 is 11.6 Å². The summed E-state index contributed by atoms with van der Waals surface area (Å²) in [5.41, 5.74) is 2.45. The average Bonchev–Trinajstić information content (AvgIpc) is 3.48. The van der Waals surface area contributed by atoms with Gasteiger partial charge in [0.15, 0.2) is 5.78 Å². The molecule has 1 aliphatic rings. The van der Waals surface area contributed by atoms with Gasteiger partial charge in [-0.15, -0.1) is 0 Å². The normalized spacial score (nSPS) is 12.9. The number of aromatic nitrogens is 4. The number of anilines is 1. The van der Waals surface area contributed by atoms with Crippen molar-refractivity contribution in [3.63, 3.8) is 0 Å². The highest BCUT2D eigenvalue weighted by Gasteiger charge is 2.34. The molecule has 3 heterocycles. The predicted molar refractivity (Wildman–Crippen MR) is 146 cm³/mol. The summed E-state index contributed by atoms with van der Waals surface area (Å²) in [5, 5.41) is 7.95. The number of hydrogen-bond acceptors (Lipinski definition) is 6. The molecule has 0 unspecified atom stereocenters. The molecule has 11 heteroatoms. The molecule has 10 nitrogen and oxygen atoms in total. The smallest absolute Gasteiger partial charge is 0.245 e. The Kier molecular flexibility index (Phi) is 7.56. The van der Waals surface area contributed by atoms with E-state index in [1.165, 1.54) is 16.5 Å². The number of carbonyl (C=O) groups excluding carboxylic acids is 4. The summed E-state index contributed by atoms with van der Waals surface area (Å²) in [4.78, 5) is 59.6. The predicted octanol–water partition coefficient (Wildman–Crippen LogP) is 3.60. The Labute approximate surface area is 229 Å². The SMILES string of the molecule is CC(=O)c1nn(CC(=O)N(CC(=O)Nc2cccc(Cl)n2)C2CC2)c2ccc(CC(=O)Cc3ccc[nH]3)cc12. The lowest BCUT2D eigenvalue weighted by atomic mass is 10.0. The number of carbonyl (C=O) groups is 4. The number of nitrogens with zero attached hydrogens (tertiary/aromatic N) is 4. The largest absolute Gasteiger partial charge is 0.365 e. The molecule has 0 atom stereocenters. The molecule has 1 aliphatic carbocycles. The summed E-state index contributed by atoms with van der Waals surface area (Å²) in [7, 11) is 0. The van der Waals surface area contributed by atoms with Crippen LogP contribution in [0.1, 0.15) is 41.5 Å². The van der Waals surface area contributed by atoms with Gasteiger partial charge in [0.25, 0.3) is 0 Å². The third-order valence-electron chi connectivity index (χ3n) is 6.49. The maximum atomic E-state index is 13.3. The van der Waals surface area contributed by atoms with E-state index in [1.54, 1.807) is 36.5 Å². The van der Waals surface area contributed by atoms with Gasteiger partial charge in [0.2, 0.25) is 11.8 Å². The molecular formula is C28H27ClN6O4. The Bertz CT molecular complexity index is 1560. The summed E-state index contributed by atoms with van der Waals surface area (Å²) >= 11 is 5.89. The van der Waals surface area contributed by atoms with Crippen LogP contribution in [-0.4, -0.2) is 60.6 Å². The van der Waals surface area contributed by atoms with Crippen molar-refractivity contribution in [3.8, 4) is 0 Å². The van der Waals surface area contributed by atoms with Crippen LogP contribution in [0.4, 0.5) is 5.82 Å². The molecule has 2 amide bonds. The number of Topliss-reactive ketones (excluding diaryl/α,β-unsaturated/α-hetero) is 2. The Morgan fingerprint density at radius 2 is 1.92 bits per heavy atom. The van der Waals surface area contributed by atoms with Gasteiger partial charge in [0.05, 0.1) is 5.52 Å². The van der Waals surface area contributed by atoms with Gasteiger partial charge in [-0.05, 0) is 54.8 Å². The van der Waals surface area contributed by atoms with Crippen LogP contribution < -0.4 is 5.32 Å². The molecule has 0 saturated heterocycles. The molecule has 200 valence electrons. The minimum atomic E-state index is -0.381. The van der Waals surface area contributed by atoms with E-state index in [2.05, 4.69) is 20.4 Å². The highest BCUT2D eigenvalue weighted by molar-refractivity contribution is 6.29. The number of nitrogens with one attached hydrogen (secondary N) is 2. The van der Waals surface area contributed by atoms with Crippen LogP contribution in [-0.2, 0) is 33.8 Å². The Morgan fingerprint density at radius 1 is 1.10 bits per heavy atom. The number of H-pyrrole nitrogens is 1. The zero-order chi connectivity index (χ0) is 27.5. The minimum absolute atomic E-state index is 0.0260. The summed E-state index contributed by atoms with van der Waals surface area (Å²) < 4.78 is 1.49. The lowest BCUT2D eigenvalue weighted by molar-refractivity contribution is -0.135. The van der Waals surface area contributed by atoms with Gasteiger partial charge in [-0.3, -0.25) is 23.9 Å². The highest BCUT2D eigenvalue weighted by atomic mass is 35.5. The van der Waals surface area contributed by atoms with E-state index in [1.807, 2.05) is 18.2 Å². The average molecular weight is 547 g/mol. The van der Waals surface area contributed by atoms with Gasteiger partial charge in [0, 0.05) is 43.1 Å². The van der Waals surface area contributed by atoms with Crippen LogP contribution in [0.25, 0.3) is 10.9 Å². The lowest BCUT2D eigenvalue weighted by Crippen LogP contribution is -2.41. The molecule has 5 rings (SSSR count). The monoisotopic (exact) mass is 546 g/mol. The topological polar surface area (TPSA) is 130 Å². The van der Waals surface area contributed by atoms with Crippen molar-refractivity contribution in [1.82, 2.24) is 24.6 Å². The Hall–Kier alpha value is -4.31. The number of ketones is 2. The van der Waals surface area contributed by atoms with Crippen LogP contribution in [0.3, 0.4) is 0 Å². The van der Waals surface area contributed by atoms with Gasteiger partial charge in [-0.25, -0.2) is 4.98 Å². The first kappa shape index (κ1) is 26.3. The molecule has 0 radical (unpaired) electrons. The molecule has 1 aromatic carbocycles. The fourth-order valence-corrected chi connectivity index (χ4v) is 4.70. The van der Waals surface area contributed by atoms with Crippen molar-refractivity contribution in [2.24, 2.45) is 0 Å². The van der Waals surface area contributed by atoms with E-state index < -0.39 is 0 Å². The molecular weight excluding hydrogens is 520 g/mol. The second kappa shape index (κ2) is 11.2. The quantitative estimate of drug-likeness (QED) is 0.218. The standard InChI is InChI=1S/C28H27ClN6O4/c1-17(36)28-22-13-18(12-21(37)14-19-4-3-11-30-19)7-10-23(22)35(33-28)16-27(39)34(20-8-9-20)15-26(38)32-25-6-2-5-24(29)31-25/h2-7,10-11,13,20,30H,8-9,12,14-16H2,1H3,(H,31,32,38). The fourth-order valence-electron chi connectivity index (χ4n) is 4.54. The number of hydrogen-bond donors (Lipinski definition) is 2. The number of halogens is 1. The minimum Gasteiger partial charge on any atom is -0.365 e. The third-order valence-corrected chi connectivity index (χ3v) is 6.70. The molecule has 1 fully saturated rings. The zero-order valence-electron chi connectivity index (χ0n) is 21.3. The van der Waals surface area contributed by atoms with Crippen LogP contribution in [0.15, 0.2) is 54.7 Å². The van der Waals surface area contributed by atoms with Gasteiger partial charge < -0.3 is 15.2 Å². The number of benzene rings is 1. The van der Waals surface area contributed by atoms with E-state index >= 15 is 0 Å². The highest BCUT2D eigenvalue weighted by Crippen LogP contribution is 2.28. The van der Waals surface area contributed by atoms with Gasteiger partial charge >= 0.3 is 0 Å². The first-order valence-electron chi connectivity index (χ1n) is 12.6. The van der Waals surface area contributed by atoms with E-state index in [0.717, 1.165) is 24.1 Å². The van der Waals surface area contributed by atoms with E-state index in [4.69, 9.17) is 11.6 Å². The number of pyridine rings is 1. The molecule has 0 spiro atoms. The second-order valence-corrected chi connectivity index (χ2v) is 10.0. The summed E-state index contributed by atoms with van der Waals surface area (Å²) in [5.74, 6) is -0.560. The Balaban J connectivity index is 1.31. The van der Waals surface area contributed by atoms with Crippen LogP contribution in [0.2, 0.25) is 5.15 Å². The van der Waals surface area contributed by atoms with Crippen molar-refractivity contribution in [3.05, 3.63) is 76.8 Å². The molecule has 3 aromatic heterocycles. The third kappa shape index (κ3) is 6.40. The van der Waals surface area contributed by atoms with Crippen LogP contribution in [0.5, 0.6) is 0 Å². The summed E-state index contributed by atoms with van der Waals surface area (Å²) in [6.07, 6.45) is 3.90. The van der Waals surface area contributed by atoms with Crippen molar-refractivity contribution < 1.29 is 19.2 Å². The van der Waals surface area contributed by atoms with Crippen molar-refractivity contribution in [2.75, 3.05) is 11.9 Å². The summed E-state index contributed by atoms with van der Waals surface area (Å²) in [6, 6.07) is 13.9. The number of amides is 2. The molecule has 0 aliphatic heterocycles. The molecule has 39 heavy (non-hydrogen) atoms. The lowest BCUT2D eigenvalue weighted by Gasteiger charge is -2.22. The van der Waals surface area contributed by atoms with Crippen molar-refractivity contribution in [2.45, 2.75) is 45.2 Å². The van der Waals surface area contributed by atoms with E-state index in [-0.39, 0.29) is 66.2 Å². The first-order valence-corrected chi connectivity index (χ1v) is 13.0. The van der Waals surface area contributed by atoms with E-state index in [9.17, 15) is 19.2 Å².